The molecule has 5 nitrogen and oxygen atoms in total. The quantitative estimate of drug-likeness (QED) is 0.911. The number of nitrogens with one attached hydrogen (secondary N) is 2. The van der Waals surface area contributed by atoms with Crippen LogP contribution in [-0.4, -0.2) is 37.2 Å². The van der Waals surface area contributed by atoms with Gasteiger partial charge in [0.1, 0.15) is 0 Å². The van der Waals surface area contributed by atoms with Crippen molar-refractivity contribution < 1.29 is 4.79 Å². The second-order valence-electron chi connectivity index (χ2n) is 5.63. The minimum Gasteiger partial charge on any atom is -0.348 e. The summed E-state index contributed by atoms with van der Waals surface area (Å²) in [6.45, 7) is 5.39. The molecule has 1 aliphatic rings. The maximum atomic E-state index is 11.4. The average molecular weight is 318 g/mol. The molecule has 1 aromatic carbocycles. The fourth-order valence-corrected chi connectivity index (χ4v) is 3.80. The molecule has 3 rings (SSSR count). The van der Waals surface area contributed by atoms with Gasteiger partial charge < -0.3 is 15.5 Å². The van der Waals surface area contributed by atoms with Crippen molar-refractivity contribution >= 4 is 32.7 Å². The van der Waals surface area contributed by atoms with Crippen LogP contribution in [0.15, 0.2) is 24.3 Å². The van der Waals surface area contributed by atoms with Crippen molar-refractivity contribution in [2.45, 2.75) is 19.8 Å². The molecular formula is C16H22N4OS. The van der Waals surface area contributed by atoms with Crippen LogP contribution in [0.4, 0.5) is 9.93 Å². The summed E-state index contributed by atoms with van der Waals surface area (Å²) in [5.41, 5.74) is 1.09. The normalized spacial score (nSPS) is 16.0. The van der Waals surface area contributed by atoms with Crippen molar-refractivity contribution in [3.63, 3.8) is 0 Å². The molecule has 1 aromatic heterocycles. The molecule has 1 aliphatic heterocycles. The summed E-state index contributed by atoms with van der Waals surface area (Å²) in [6.07, 6.45) is 2.20. The number of urea groups is 1. The minimum absolute atomic E-state index is 0.0592. The van der Waals surface area contributed by atoms with Gasteiger partial charge in [-0.25, -0.2) is 9.78 Å². The molecule has 0 bridgehead atoms. The van der Waals surface area contributed by atoms with Gasteiger partial charge in [0.2, 0.25) is 0 Å². The zero-order chi connectivity index (χ0) is 15.4. The van der Waals surface area contributed by atoms with Crippen molar-refractivity contribution in [1.29, 1.82) is 0 Å². The van der Waals surface area contributed by atoms with E-state index in [0.29, 0.717) is 12.5 Å². The first-order chi connectivity index (χ1) is 10.8. The van der Waals surface area contributed by atoms with E-state index in [4.69, 9.17) is 4.98 Å². The fourth-order valence-electron chi connectivity index (χ4n) is 2.78. The first kappa shape index (κ1) is 15.1. The van der Waals surface area contributed by atoms with E-state index in [2.05, 4.69) is 33.7 Å². The Hall–Kier alpha value is -1.82. The van der Waals surface area contributed by atoms with E-state index >= 15 is 0 Å². The zero-order valence-electron chi connectivity index (χ0n) is 12.8. The minimum atomic E-state index is -0.0592. The van der Waals surface area contributed by atoms with Crippen LogP contribution in [0, 0.1) is 5.92 Å². The Labute approximate surface area is 134 Å². The summed E-state index contributed by atoms with van der Waals surface area (Å²) in [5.74, 6) is 0.563. The molecule has 0 spiro atoms. The topological polar surface area (TPSA) is 57.3 Å². The van der Waals surface area contributed by atoms with Crippen LogP contribution >= 0.6 is 11.3 Å². The third-order valence-corrected chi connectivity index (χ3v) is 5.15. The lowest BCUT2D eigenvalue weighted by atomic mass is 9.97. The Balaban J connectivity index is 1.52. The monoisotopic (exact) mass is 318 g/mol. The predicted molar refractivity (Wildman–Crippen MR) is 91.6 cm³/mol. The number of benzene rings is 1. The molecule has 1 fully saturated rings. The van der Waals surface area contributed by atoms with Gasteiger partial charge in [0, 0.05) is 26.2 Å². The zero-order valence-corrected chi connectivity index (χ0v) is 13.7. The lowest BCUT2D eigenvalue weighted by molar-refractivity contribution is 0.238. The molecule has 118 valence electrons. The van der Waals surface area contributed by atoms with Gasteiger partial charge in [-0.2, -0.15) is 0 Å². The Bertz CT molecular complexity index is 601. The average Bonchev–Trinajstić information content (AvgIpc) is 2.98. The number of carbonyl (C=O) groups is 1. The third kappa shape index (κ3) is 3.50. The molecule has 2 amide bonds. The smallest absolute Gasteiger partial charge is 0.314 e. The summed E-state index contributed by atoms with van der Waals surface area (Å²) in [5, 5.41) is 6.84. The number of anilines is 1. The van der Waals surface area contributed by atoms with Crippen molar-refractivity contribution in [2.75, 3.05) is 31.1 Å². The lowest BCUT2D eigenvalue weighted by Crippen LogP contribution is -2.41. The molecule has 2 N–H and O–H groups in total. The van der Waals surface area contributed by atoms with Gasteiger partial charge in [0.05, 0.1) is 10.2 Å². The summed E-state index contributed by atoms with van der Waals surface area (Å²) in [6, 6.07) is 8.23. The number of fused-ring (bicyclic) bond motifs is 1. The summed E-state index contributed by atoms with van der Waals surface area (Å²) in [7, 11) is 0. The van der Waals surface area contributed by atoms with Crippen molar-refractivity contribution in [2.24, 2.45) is 5.92 Å². The number of hydrogen-bond donors (Lipinski definition) is 2. The van der Waals surface area contributed by atoms with E-state index < -0.39 is 0 Å². The first-order valence-corrected chi connectivity index (χ1v) is 8.70. The Morgan fingerprint density at radius 1 is 1.32 bits per heavy atom. The molecule has 2 aromatic rings. The lowest BCUT2D eigenvalue weighted by Gasteiger charge is -2.31. The van der Waals surface area contributed by atoms with E-state index in [0.717, 1.165) is 43.1 Å². The number of piperidine rings is 1. The van der Waals surface area contributed by atoms with Gasteiger partial charge in [0.25, 0.3) is 0 Å². The van der Waals surface area contributed by atoms with Crippen LogP contribution in [0.25, 0.3) is 10.2 Å². The van der Waals surface area contributed by atoms with Crippen LogP contribution in [0.2, 0.25) is 0 Å². The van der Waals surface area contributed by atoms with Crippen LogP contribution < -0.4 is 15.5 Å². The highest BCUT2D eigenvalue weighted by atomic mass is 32.1. The number of aromatic nitrogens is 1. The molecule has 1 saturated heterocycles. The standard InChI is InChI=1S/C16H22N4OS/c1-2-17-15(21)18-11-12-7-9-20(10-8-12)16-19-13-5-3-4-6-14(13)22-16/h3-6,12H,2,7-11H2,1H3,(H2,17,18,21). The van der Waals surface area contributed by atoms with Crippen molar-refractivity contribution in [3.8, 4) is 0 Å². The van der Waals surface area contributed by atoms with Gasteiger partial charge in [-0.05, 0) is 37.8 Å². The Kier molecular flexibility index (Phi) is 4.77. The predicted octanol–water partition coefficient (Wildman–Crippen LogP) is 2.83. The highest BCUT2D eigenvalue weighted by Gasteiger charge is 2.21. The van der Waals surface area contributed by atoms with Crippen LogP contribution in [-0.2, 0) is 0 Å². The van der Waals surface area contributed by atoms with Gasteiger partial charge in [-0.1, -0.05) is 23.5 Å². The number of amides is 2. The summed E-state index contributed by atoms with van der Waals surface area (Å²) in [4.78, 5) is 18.5. The van der Waals surface area contributed by atoms with E-state index in [-0.39, 0.29) is 6.03 Å². The highest BCUT2D eigenvalue weighted by molar-refractivity contribution is 7.22. The molecule has 0 unspecified atom stereocenters. The molecule has 0 aliphatic carbocycles. The number of hydrogen-bond acceptors (Lipinski definition) is 4. The van der Waals surface area contributed by atoms with E-state index in [9.17, 15) is 4.79 Å². The third-order valence-electron chi connectivity index (χ3n) is 4.06. The first-order valence-electron chi connectivity index (χ1n) is 7.88. The number of carbonyl (C=O) groups excluding carboxylic acids is 1. The van der Waals surface area contributed by atoms with Crippen molar-refractivity contribution in [3.05, 3.63) is 24.3 Å². The number of rotatable bonds is 4. The van der Waals surface area contributed by atoms with Crippen LogP contribution in [0.5, 0.6) is 0 Å². The van der Waals surface area contributed by atoms with Crippen LogP contribution in [0.1, 0.15) is 19.8 Å². The van der Waals surface area contributed by atoms with Gasteiger partial charge in [-0.15, -0.1) is 0 Å². The van der Waals surface area contributed by atoms with E-state index in [1.165, 1.54) is 4.70 Å². The number of nitrogens with zero attached hydrogens (tertiary/aromatic N) is 2. The summed E-state index contributed by atoms with van der Waals surface area (Å²) < 4.78 is 1.25. The highest BCUT2D eigenvalue weighted by Crippen LogP contribution is 2.31. The van der Waals surface area contributed by atoms with E-state index in [1.807, 2.05) is 13.0 Å². The van der Waals surface area contributed by atoms with Gasteiger partial charge >= 0.3 is 6.03 Å². The molecule has 22 heavy (non-hydrogen) atoms. The molecule has 0 saturated carbocycles. The Morgan fingerprint density at radius 3 is 2.82 bits per heavy atom. The molecule has 0 radical (unpaired) electrons. The maximum absolute atomic E-state index is 11.4. The number of para-hydroxylation sites is 1. The fraction of sp³-hybridized carbons (Fsp3) is 0.500. The largest absolute Gasteiger partial charge is 0.348 e. The Morgan fingerprint density at radius 2 is 2.09 bits per heavy atom. The molecule has 2 heterocycles. The van der Waals surface area contributed by atoms with Crippen molar-refractivity contribution in [1.82, 2.24) is 15.6 Å². The number of thiazole rings is 1. The molecule has 0 atom stereocenters. The van der Waals surface area contributed by atoms with Gasteiger partial charge in [-0.3, -0.25) is 0 Å². The SMILES string of the molecule is CCNC(=O)NCC1CCN(c2nc3ccccc3s2)CC1. The summed E-state index contributed by atoms with van der Waals surface area (Å²) >= 11 is 1.76. The second kappa shape index (κ2) is 6.96. The molecule has 6 heteroatoms. The maximum Gasteiger partial charge on any atom is 0.314 e. The molecular weight excluding hydrogens is 296 g/mol. The van der Waals surface area contributed by atoms with E-state index in [1.54, 1.807) is 11.3 Å². The van der Waals surface area contributed by atoms with Gasteiger partial charge in [0.15, 0.2) is 5.13 Å². The second-order valence-corrected chi connectivity index (χ2v) is 6.64. The van der Waals surface area contributed by atoms with Crippen LogP contribution in [0.3, 0.4) is 0 Å².